The lowest BCUT2D eigenvalue weighted by molar-refractivity contribution is 0.131. The van der Waals surface area contributed by atoms with E-state index in [1.807, 2.05) is 30.0 Å². The lowest BCUT2D eigenvalue weighted by Gasteiger charge is -2.37. The Hall–Kier alpha value is -2.41. The van der Waals surface area contributed by atoms with E-state index in [0.717, 1.165) is 42.7 Å². The molecule has 1 aliphatic rings. The Morgan fingerprint density at radius 3 is 2.66 bits per heavy atom. The molecule has 158 valence electrons. The van der Waals surface area contributed by atoms with Crippen molar-refractivity contribution in [3.8, 4) is 5.82 Å². The summed E-state index contributed by atoms with van der Waals surface area (Å²) >= 11 is 0. The number of nitrogens with zero attached hydrogens (tertiary/aromatic N) is 4. The van der Waals surface area contributed by atoms with Crippen LogP contribution >= 0.6 is 0 Å². The Labute approximate surface area is 173 Å². The van der Waals surface area contributed by atoms with Gasteiger partial charge in [0.2, 0.25) is 0 Å². The largest absolute Gasteiger partial charge is 0.396 e. The molecule has 1 fully saturated rings. The molecule has 2 aromatic heterocycles. The van der Waals surface area contributed by atoms with Crippen molar-refractivity contribution in [3.63, 3.8) is 0 Å². The SMILES string of the molecule is CCNC(=NCc1ccc(-n2ccnc2C)nc1)NCC1(CCO)CCCCC1. The molecule has 0 aromatic carbocycles. The molecule has 3 N–H and O–H groups in total. The van der Waals surface area contributed by atoms with Gasteiger partial charge in [-0.05, 0) is 50.2 Å². The van der Waals surface area contributed by atoms with Crippen molar-refractivity contribution in [3.05, 3.63) is 42.1 Å². The number of pyridine rings is 1. The van der Waals surface area contributed by atoms with E-state index in [2.05, 4.69) is 33.6 Å². The first kappa shape index (κ1) is 21.3. The molecule has 2 heterocycles. The first-order valence-electron chi connectivity index (χ1n) is 10.7. The van der Waals surface area contributed by atoms with E-state index >= 15 is 0 Å². The Balaban J connectivity index is 1.62. The second kappa shape index (κ2) is 10.4. The van der Waals surface area contributed by atoms with Gasteiger partial charge in [-0.1, -0.05) is 25.3 Å². The van der Waals surface area contributed by atoms with Crippen molar-refractivity contribution in [2.24, 2.45) is 10.4 Å². The van der Waals surface area contributed by atoms with Gasteiger partial charge in [-0.25, -0.2) is 15.0 Å². The van der Waals surface area contributed by atoms with Crippen molar-refractivity contribution in [2.45, 2.75) is 58.9 Å². The van der Waals surface area contributed by atoms with Crippen LogP contribution in [0.1, 0.15) is 56.8 Å². The number of imidazole rings is 1. The minimum Gasteiger partial charge on any atom is -0.396 e. The Morgan fingerprint density at radius 1 is 1.21 bits per heavy atom. The lowest BCUT2D eigenvalue weighted by atomic mass is 9.72. The summed E-state index contributed by atoms with van der Waals surface area (Å²) in [5.41, 5.74) is 1.25. The van der Waals surface area contributed by atoms with Gasteiger partial charge in [0, 0.05) is 38.3 Å². The summed E-state index contributed by atoms with van der Waals surface area (Å²) in [6.07, 6.45) is 12.6. The number of hydrogen-bond acceptors (Lipinski definition) is 4. The molecule has 1 saturated carbocycles. The van der Waals surface area contributed by atoms with Crippen LogP contribution in [0.2, 0.25) is 0 Å². The van der Waals surface area contributed by atoms with Crippen LogP contribution in [0, 0.1) is 12.3 Å². The maximum atomic E-state index is 9.53. The fraction of sp³-hybridized carbons (Fsp3) is 0.591. The van der Waals surface area contributed by atoms with E-state index in [4.69, 9.17) is 4.99 Å². The number of aliphatic hydroxyl groups is 1. The van der Waals surface area contributed by atoms with Gasteiger partial charge in [0.25, 0.3) is 0 Å². The summed E-state index contributed by atoms with van der Waals surface area (Å²) < 4.78 is 1.96. The molecule has 29 heavy (non-hydrogen) atoms. The number of aliphatic imine (C=N–C) groups is 1. The van der Waals surface area contributed by atoms with E-state index in [-0.39, 0.29) is 12.0 Å². The third kappa shape index (κ3) is 5.79. The highest BCUT2D eigenvalue weighted by atomic mass is 16.3. The second-order valence-corrected chi connectivity index (χ2v) is 7.95. The Kier molecular flexibility index (Phi) is 7.63. The van der Waals surface area contributed by atoms with Gasteiger partial charge in [-0.3, -0.25) is 4.57 Å². The number of aryl methyl sites for hydroxylation is 1. The zero-order chi connectivity index (χ0) is 20.5. The van der Waals surface area contributed by atoms with Gasteiger partial charge in [-0.2, -0.15) is 0 Å². The normalized spacial score (nSPS) is 16.6. The third-order valence-electron chi connectivity index (χ3n) is 5.83. The van der Waals surface area contributed by atoms with Gasteiger partial charge in [0.15, 0.2) is 5.96 Å². The highest BCUT2D eigenvalue weighted by molar-refractivity contribution is 5.79. The molecule has 0 atom stereocenters. The summed E-state index contributed by atoms with van der Waals surface area (Å²) in [4.78, 5) is 13.5. The second-order valence-electron chi connectivity index (χ2n) is 7.95. The van der Waals surface area contributed by atoms with Crippen LogP contribution in [0.15, 0.2) is 35.7 Å². The molecule has 0 amide bonds. The predicted molar refractivity (Wildman–Crippen MR) is 116 cm³/mol. The minimum atomic E-state index is 0.190. The zero-order valence-electron chi connectivity index (χ0n) is 17.7. The van der Waals surface area contributed by atoms with E-state index in [9.17, 15) is 5.11 Å². The molecule has 7 heteroatoms. The fourth-order valence-electron chi connectivity index (χ4n) is 4.11. The summed E-state index contributed by atoms with van der Waals surface area (Å²) in [7, 11) is 0. The number of guanidine groups is 1. The van der Waals surface area contributed by atoms with Crippen molar-refractivity contribution >= 4 is 5.96 Å². The molecule has 7 nitrogen and oxygen atoms in total. The van der Waals surface area contributed by atoms with Gasteiger partial charge in [0.05, 0.1) is 6.54 Å². The summed E-state index contributed by atoms with van der Waals surface area (Å²) in [5.74, 6) is 2.60. The van der Waals surface area contributed by atoms with E-state index in [1.165, 1.54) is 32.1 Å². The van der Waals surface area contributed by atoms with Gasteiger partial charge >= 0.3 is 0 Å². The van der Waals surface area contributed by atoms with Crippen LogP contribution in [0.5, 0.6) is 0 Å². The van der Waals surface area contributed by atoms with Gasteiger partial charge in [-0.15, -0.1) is 0 Å². The number of aromatic nitrogens is 3. The number of aliphatic hydroxyl groups excluding tert-OH is 1. The molecular formula is C22H34N6O. The van der Waals surface area contributed by atoms with Crippen molar-refractivity contribution < 1.29 is 5.11 Å². The van der Waals surface area contributed by atoms with Crippen molar-refractivity contribution in [1.29, 1.82) is 0 Å². The standard InChI is InChI=1S/C22H34N6O/c1-3-23-21(27-17-22(11-14-29)9-5-4-6-10-22)26-16-19-7-8-20(25-15-19)28-13-12-24-18(28)2/h7-8,12-13,15,29H,3-6,9-11,14,16-17H2,1-2H3,(H2,23,26,27). The van der Waals surface area contributed by atoms with Crippen LogP contribution < -0.4 is 10.6 Å². The number of hydrogen-bond donors (Lipinski definition) is 3. The molecule has 2 aromatic rings. The van der Waals surface area contributed by atoms with Crippen LogP contribution in [-0.4, -0.2) is 45.3 Å². The average molecular weight is 399 g/mol. The first-order chi connectivity index (χ1) is 14.2. The number of nitrogens with one attached hydrogen (secondary N) is 2. The van der Waals surface area contributed by atoms with Crippen LogP contribution in [0.3, 0.4) is 0 Å². The maximum Gasteiger partial charge on any atom is 0.191 e. The van der Waals surface area contributed by atoms with Crippen molar-refractivity contribution in [1.82, 2.24) is 25.2 Å². The van der Waals surface area contributed by atoms with Crippen LogP contribution in [-0.2, 0) is 6.54 Å². The molecule has 0 unspecified atom stereocenters. The minimum absolute atomic E-state index is 0.190. The average Bonchev–Trinajstić information content (AvgIpc) is 3.17. The predicted octanol–water partition coefficient (Wildman–Crippen LogP) is 2.96. The molecule has 1 aliphatic carbocycles. The van der Waals surface area contributed by atoms with Crippen LogP contribution in [0.4, 0.5) is 0 Å². The smallest absolute Gasteiger partial charge is 0.191 e. The molecule has 3 rings (SSSR count). The molecule has 0 saturated heterocycles. The quantitative estimate of drug-likeness (QED) is 0.470. The number of rotatable bonds is 8. The summed E-state index contributed by atoms with van der Waals surface area (Å²) in [5, 5.41) is 16.4. The third-order valence-corrected chi connectivity index (χ3v) is 5.83. The van der Waals surface area contributed by atoms with E-state index < -0.39 is 0 Å². The molecule has 0 aliphatic heterocycles. The highest BCUT2D eigenvalue weighted by Gasteiger charge is 2.31. The maximum absolute atomic E-state index is 9.53. The zero-order valence-corrected chi connectivity index (χ0v) is 17.7. The van der Waals surface area contributed by atoms with E-state index in [0.29, 0.717) is 6.54 Å². The summed E-state index contributed by atoms with van der Waals surface area (Å²) in [6.45, 7) is 6.53. The molecular weight excluding hydrogens is 364 g/mol. The summed E-state index contributed by atoms with van der Waals surface area (Å²) in [6, 6.07) is 4.06. The molecule has 0 bridgehead atoms. The lowest BCUT2D eigenvalue weighted by Crippen LogP contribution is -2.44. The van der Waals surface area contributed by atoms with Crippen LogP contribution in [0.25, 0.3) is 5.82 Å². The van der Waals surface area contributed by atoms with Crippen molar-refractivity contribution in [2.75, 3.05) is 19.7 Å². The monoisotopic (exact) mass is 398 g/mol. The fourth-order valence-corrected chi connectivity index (χ4v) is 4.11. The van der Waals surface area contributed by atoms with Gasteiger partial charge in [0.1, 0.15) is 11.6 Å². The molecule has 0 radical (unpaired) electrons. The van der Waals surface area contributed by atoms with E-state index in [1.54, 1.807) is 6.20 Å². The first-order valence-corrected chi connectivity index (χ1v) is 10.7. The highest BCUT2D eigenvalue weighted by Crippen LogP contribution is 2.38. The Bertz CT molecular complexity index is 771. The molecule has 0 spiro atoms. The Morgan fingerprint density at radius 2 is 2.03 bits per heavy atom. The van der Waals surface area contributed by atoms with Gasteiger partial charge < -0.3 is 15.7 Å². The topological polar surface area (TPSA) is 87.4 Å².